The van der Waals surface area contributed by atoms with Crippen LogP contribution in [0.15, 0.2) is 142 Å². The molecule has 5 aliphatic rings. The first-order valence-corrected chi connectivity index (χ1v) is 32.6. The summed E-state index contributed by atoms with van der Waals surface area (Å²) in [7, 11) is -5.28. The summed E-state index contributed by atoms with van der Waals surface area (Å²) in [6, 6.07) is 22.8. The van der Waals surface area contributed by atoms with Crippen molar-refractivity contribution in [2.24, 2.45) is 17.8 Å². The summed E-state index contributed by atoms with van der Waals surface area (Å²) in [6.45, 7) is 8.89. The maximum absolute atomic E-state index is 13.5. The van der Waals surface area contributed by atoms with Crippen molar-refractivity contribution in [3.63, 3.8) is 0 Å². The van der Waals surface area contributed by atoms with Crippen LogP contribution in [-0.4, -0.2) is 83.3 Å². The van der Waals surface area contributed by atoms with Gasteiger partial charge in [0.1, 0.15) is 23.7 Å². The number of aryl methyl sites for hydroxylation is 3. The minimum atomic E-state index is -4.16. The number of alkyl carbamates (subject to hydrolysis) is 2. The van der Waals surface area contributed by atoms with E-state index in [4.69, 9.17) is 18.9 Å². The number of hydrogen-bond donors (Lipinski definition) is 4. The molecule has 3 unspecified atom stereocenters. The number of hydrogen-bond acceptors (Lipinski definition) is 13. The Morgan fingerprint density at radius 1 is 0.616 bits per heavy atom. The standard InChI is InChI=1S/C66H76N6O12S2/c1-41-17-7-13-23-60(41)85(77,78)69-63(73)47-27-25-45(58(36-47)81-5)34-49-39-72(57-33-43(3)55(38-53(49)57)68-66(76)84-52-21-11-12-22-52)32-16-15-31-71-40-50(62-44(4)54(29-30-56(62)71)67-65(75)83-51-19-9-10-20-51)35-46-26-28-48(37-59(46)82-6)64(74)70-86(79,80)61-24-14-8-18-42(61)2/h7-8,13-14,17-18,23-30,36-40,43-44,51-52,62H,9-12,15-16,19-22,31-35H2,1-6H3,(H,67,75)(H,68,76)(H,69,73)(H,70,74). The predicted molar refractivity (Wildman–Crippen MR) is 326 cm³/mol. The van der Waals surface area contributed by atoms with Crippen LogP contribution < -0.4 is 29.6 Å². The average Bonchev–Trinajstić information content (AvgIpc) is 2.68. The van der Waals surface area contributed by atoms with Gasteiger partial charge in [-0.3, -0.25) is 20.2 Å². The molecule has 0 saturated heterocycles. The molecular formula is C66H76N6O12S2. The zero-order valence-electron chi connectivity index (χ0n) is 49.6. The van der Waals surface area contributed by atoms with E-state index in [0.29, 0.717) is 55.0 Å². The molecule has 454 valence electrons. The Kier molecular flexibility index (Phi) is 18.6. The highest BCUT2D eigenvalue weighted by Gasteiger charge is 2.39. The number of carbonyl (C=O) groups excluding carboxylic acids is 4. The molecule has 0 bridgehead atoms. The van der Waals surface area contributed by atoms with E-state index < -0.39 is 44.0 Å². The Bertz CT molecular complexity index is 3790. The monoisotopic (exact) mass is 1210 g/mol. The third-order valence-corrected chi connectivity index (χ3v) is 20.2. The number of aromatic nitrogens is 1. The zero-order valence-corrected chi connectivity index (χ0v) is 51.2. The van der Waals surface area contributed by atoms with Crippen molar-refractivity contribution in [2.45, 2.75) is 140 Å². The number of nitrogens with zero attached hydrogens (tertiary/aromatic N) is 2. The molecule has 2 saturated carbocycles. The van der Waals surface area contributed by atoms with Crippen molar-refractivity contribution >= 4 is 50.1 Å². The third kappa shape index (κ3) is 13.8. The molecule has 0 radical (unpaired) electrons. The summed E-state index contributed by atoms with van der Waals surface area (Å²) in [6.07, 6.45) is 19.9. The van der Waals surface area contributed by atoms with Crippen LogP contribution in [0.1, 0.15) is 138 Å². The van der Waals surface area contributed by atoms with E-state index in [-0.39, 0.29) is 50.9 Å². The number of methoxy groups -OCH3 is 2. The van der Waals surface area contributed by atoms with E-state index >= 15 is 0 Å². The van der Waals surface area contributed by atoms with Gasteiger partial charge >= 0.3 is 12.2 Å². The van der Waals surface area contributed by atoms with Crippen LogP contribution in [0.25, 0.3) is 6.08 Å². The number of rotatable bonds is 21. The van der Waals surface area contributed by atoms with Crippen LogP contribution in [0.3, 0.4) is 0 Å². The topological polar surface area (TPSA) is 230 Å². The largest absolute Gasteiger partial charge is 0.496 e. The lowest BCUT2D eigenvalue weighted by Gasteiger charge is -2.32. The van der Waals surface area contributed by atoms with Crippen molar-refractivity contribution in [3.05, 3.63) is 182 Å². The van der Waals surface area contributed by atoms with Crippen molar-refractivity contribution in [3.8, 4) is 11.5 Å². The third-order valence-electron chi connectivity index (χ3n) is 17.2. The molecule has 2 heterocycles. The van der Waals surface area contributed by atoms with Crippen LogP contribution in [0.5, 0.6) is 11.5 Å². The van der Waals surface area contributed by atoms with E-state index in [1.807, 2.05) is 12.2 Å². The molecule has 10 rings (SSSR count). The summed E-state index contributed by atoms with van der Waals surface area (Å²) in [4.78, 5) is 55.9. The predicted octanol–water partition coefficient (Wildman–Crippen LogP) is 11.1. The van der Waals surface area contributed by atoms with E-state index in [2.05, 4.69) is 61.9 Å². The Morgan fingerprint density at radius 2 is 1.13 bits per heavy atom. The zero-order chi connectivity index (χ0) is 60.9. The van der Waals surface area contributed by atoms with Crippen molar-refractivity contribution in [1.29, 1.82) is 0 Å². The van der Waals surface area contributed by atoms with Gasteiger partial charge in [-0.2, -0.15) is 0 Å². The van der Waals surface area contributed by atoms with Crippen LogP contribution in [-0.2, 0) is 55.3 Å². The van der Waals surface area contributed by atoms with Gasteiger partial charge in [0.2, 0.25) is 0 Å². The van der Waals surface area contributed by atoms with Crippen LogP contribution in [0.4, 0.5) is 9.59 Å². The number of nitrogens with one attached hydrogen (secondary N) is 4. The molecule has 3 atom stereocenters. The van der Waals surface area contributed by atoms with Gasteiger partial charge in [0, 0.05) is 89.1 Å². The number of benzene rings is 4. The Labute approximate surface area is 504 Å². The molecule has 0 spiro atoms. The molecular weight excluding hydrogens is 1130 g/mol. The molecule has 18 nitrogen and oxygen atoms in total. The van der Waals surface area contributed by atoms with E-state index in [9.17, 15) is 36.0 Å². The molecule has 20 heteroatoms. The van der Waals surface area contributed by atoms with Crippen molar-refractivity contribution in [1.82, 2.24) is 29.5 Å². The molecule has 1 aliphatic heterocycles. The molecule has 4 N–H and O–H groups in total. The second kappa shape index (κ2) is 26.3. The van der Waals surface area contributed by atoms with Gasteiger partial charge < -0.3 is 28.4 Å². The maximum Gasteiger partial charge on any atom is 0.411 e. The lowest BCUT2D eigenvalue weighted by molar-refractivity contribution is 0.0972. The van der Waals surface area contributed by atoms with E-state index in [1.54, 1.807) is 86.6 Å². The molecule has 4 aliphatic carbocycles. The molecule has 86 heavy (non-hydrogen) atoms. The second-order valence-electron chi connectivity index (χ2n) is 23.2. The molecule has 5 aromatic rings. The summed E-state index contributed by atoms with van der Waals surface area (Å²) in [5, 5.41) is 6.14. The highest BCUT2D eigenvalue weighted by molar-refractivity contribution is 7.90. The molecule has 4 aromatic carbocycles. The number of ether oxygens (including phenoxy) is 4. The van der Waals surface area contributed by atoms with Gasteiger partial charge in [-0.25, -0.2) is 35.9 Å². The minimum Gasteiger partial charge on any atom is -0.496 e. The van der Waals surface area contributed by atoms with Gasteiger partial charge in [0.05, 0.1) is 24.0 Å². The maximum atomic E-state index is 13.5. The molecule has 1 aromatic heterocycles. The van der Waals surface area contributed by atoms with Crippen LogP contribution >= 0.6 is 0 Å². The number of amides is 4. The van der Waals surface area contributed by atoms with Crippen molar-refractivity contribution < 1.29 is 55.0 Å². The Morgan fingerprint density at radius 3 is 1.66 bits per heavy atom. The minimum absolute atomic E-state index is 0.0149. The van der Waals surface area contributed by atoms with E-state index in [1.165, 1.54) is 26.4 Å². The summed E-state index contributed by atoms with van der Waals surface area (Å²) >= 11 is 0. The van der Waals surface area contributed by atoms with Crippen LogP contribution in [0, 0.1) is 31.6 Å². The number of fused-ring (bicyclic) bond motifs is 2. The number of sulfonamides is 2. The first kappa shape index (κ1) is 61.0. The average molecular weight is 1210 g/mol. The normalized spacial score (nSPS) is 18.6. The van der Waals surface area contributed by atoms with Crippen LogP contribution in [0.2, 0.25) is 0 Å². The quantitative estimate of drug-likeness (QED) is 0.0502. The summed E-state index contributed by atoms with van der Waals surface area (Å²) in [5.41, 5.74) is 9.54. The smallest absolute Gasteiger partial charge is 0.411 e. The fourth-order valence-corrected chi connectivity index (χ4v) is 15.1. The van der Waals surface area contributed by atoms with Crippen molar-refractivity contribution in [2.75, 3.05) is 20.8 Å². The number of allylic oxidation sites excluding steroid dienone is 5. The highest BCUT2D eigenvalue weighted by Crippen LogP contribution is 2.45. The number of unbranched alkanes of at least 4 members (excludes halogenated alkanes) is 1. The van der Waals surface area contributed by atoms with Gasteiger partial charge in [0.15, 0.2) is 0 Å². The van der Waals surface area contributed by atoms with Gasteiger partial charge in [0.25, 0.3) is 31.9 Å². The molecule has 4 amide bonds. The fraction of sp³-hybridized carbons (Fsp3) is 0.394. The lowest BCUT2D eigenvalue weighted by Crippen LogP contribution is -2.34. The molecule has 2 fully saturated rings. The summed E-state index contributed by atoms with van der Waals surface area (Å²) in [5.74, 6) is -1.06. The van der Waals surface area contributed by atoms with Gasteiger partial charge in [-0.1, -0.05) is 62.4 Å². The second-order valence-corrected chi connectivity index (χ2v) is 26.5. The number of carbonyl (C=O) groups is 4. The first-order chi connectivity index (χ1) is 41.3. The summed E-state index contributed by atoms with van der Waals surface area (Å²) < 4.78 is 83.2. The Hall–Kier alpha value is -8.10. The Balaban J connectivity index is 0.886. The van der Waals surface area contributed by atoms with E-state index in [0.717, 1.165) is 115 Å². The lowest BCUT2D eigenvalue weighted by atomic mass is 9.79. The van der Waals surface area contributed by atoms with Gasteiger partial charge in [-0.05, 0) is 179 Å². The fourth-order valence-electron chi connectivity index (χ4n) is 12.6. The SMILES string of the molecule is COc1cc(C(=O)NS(=O)(=O)c2ccccc2C)ccc1CC1=CN(CCCCn2cc(Cc3ccc(C(=O)NS(=O)(=O)c4ccccc4C)cc3OC)c3c2CC(C)C(NC(=O)OC2CCCC2)=C3)C2=CC=C(NC(=O)OC3CCCC3)C(C)C12. The first-order valence-electron chi connectivity index (χ1n) is 29.6. The van der Waals surface area contributed by atoms with Gasteiger partial charge in [-0.15, -0.1) is 0 Å². The highest BCUT2D eigenvalue weighted by atomic mass is 32.2.